The van der Waals surface area contributed by atoms with Crippen molar-refractivity contribution in [1.29, 1.82) is 0 Å². The molecule has 0 radical (unpaired) electrons. The number of nitrogens with one attached hydrogen (secondary N) is 1. The molecule has 3 rings (SSSR count). The number of aromatic nitrogens is 1. The number of hydrogen-bond donors (Lipinski definition) is 1. The molecule has 0 saturated carbocycles. The third-order valence-corrected chi connectivity index (χ3v) is 4.47. The average molecular weight is 271 g/mol. The molecule has 5 nitrogen and oxygen atoms in total. The van der Waals surface area contributed by atoms with Crippen LogP contribution in [0.2, 0.25) is 5.02 Å². The Kier molecular flexibility index (Phi) is 1.89. The summed E-state index contributed by atoms with van der Waals surface area (Å²) >= 11 is 5.85. The van der Waals surface area contributed by atoms with Crippen LogP contribution in [0.3, 0.4) is 0 Å². The minimum Gasteiger partial charge on any atom is -0.338 e. The normalized spacial score (nSPS) is 17.2. The molecule has 17 heavy (non-hydrogen) atoms. The number of hydrogen-bond acceptors (Lipinski definition) is 3. The number of rotatable bonds is 0. The average Bonchev–Trinajstić information content (AvgIpc) is 2.63. The fourth-order valence-electron chi connectivity index (χ4n) is 2.13. The molecule has 7 heteroatoms. The van der Waals surface area contributed by atoms with Gasteiger partial charge in [0.05, 0.1) is 0 Å². The first kappa shape index (κ1) is 10.6. The van der Waals surface area contributed by atoms with E-state index in [0.717, 1.165) is 0 Å². The van der Waals surface area contributed by atoms with E-state index in [1.807, 2.05) is 4.72 Å². The summed E-state index contributed by atoms with van der Waals surface area (Å²) in [7, 11) is -2.11. The molecule has 2 heterocycles. The van der Waals surface area contributed by atoms with Crippen molar-refractivity contribution in [2.75, 3.05) is 0 Å². The minimum atomic E-state index is -3.76. The molecular formula is C10H7ClN2O3S. The van der Waals surface area contributed by atoms with Crippen LogP contribution in [-0.4, -0.2) is 18.9 Å². The van der Waals surface area contributed by atoms with Gasteiger partial charge in [-0.2, -0.15) is 0 Å². The maximum absolute atomic E-state index is 11.8. The summed E-state index contributed by atoms with van der Waals surface area (Å²) in [4.78, 5) is 11.6. The number of carbonyl (C=O) groups is 1. The molecule has 1 amide bonds. The highest BCUT2D eigenvalue weighted by Crippen LogP contribution is 2.34. The zero-order valence-electron chi connectivity index (χ0n) is 8.69. The second-order valence-electron chi connectivity index (χ2n) is 3.83. The number of aryl methyl sites for hydroxylation is 1. The van der Waals surface area contributed by atoms with Gasteiger partial charge in [0.2, 0.25) is 0 Å². The van der Waals surface area contributed by atoms with Crippen LogP contribution in [0.5, 0.6) is 0 Å². The first-order valence-electron chi connectivity index (χ1n) is 4.77. The van der Waals surface area contributed by atoms with Crippen LogP contribution in [0.4, 0.5) is 0 Å². The lowest BCUT2D eigenvalue weighted by atomic mass is 10.2. The van der Waals surface area contributed by atoms with E-state index in [1.54, 1.807) is 29.8 Å². The Labute approximate surface area is 102 Å². The summed E-state index contributed by atoms with van der Waals surface area (Å²) in [6.07, 6.45) is 0. The Balaban J connectivity index is 2.60. The second-order valence-corrected chi connectivity index (χ2v) is 5.89. The van der Waals surface area contributed by atoms with Crippen LogP contribution in [-0.2, 0) is 17.1 Å². The standard InChI is InChI=1S/C10H7ClN2O3S/c1-13-7-3-2-5(11)4-6(7)9-8(13)10(14)12-17(9,15)16/h2-4H,1H3,(H,12,14). The second kappa shape index (κ2) is 3.02. The fourth-order valence-corrected chi connectivity index (χ4v) is 3.68. The summed E-state index contributed by atoms with van der Waals surface area (Å²) in [6.45, 7) is 0. The highest BCUT2D eigenvalue weighted by molar-refractivity contribution is 7.91. The summed E-state index contributed by atoms with van der Waals surface area (Å²) < 4.78 is 27.1. The smallest absolute Gasteiger partial charge is 0.283 e. The van der Waals surface area contributed by atoms with E-state index in [4.69, 9.17) is 11.6 Å². The molecule has 0 atom stereocenters. The first-order valence-corrected chi connectivity index (χ1v) is 6.63. The summed E-state index contributed by atoms with van der Waals surface area (Å²) in [5.74, 6) is -0.602. The van der Waals surface area contributed by atoms with Crippen molar-refractivity contribution in [3.8, 4) is 0 Å². The van der Waals surface area contributed by atoms with Crippen molar-refractivity contribution in [3.05, 3.63) is 28.9 Å². The largest absolute Gasteiger partial charge is 0.338 e. The quantitative estimate of drug-likeness (QED) is 0.784. The van der Waals surface area contributed by atoms with Crippen molar-refractivity contribution < 1.29 is 13.2 Å². The molecule has 1 aliphatic heterocycles. The van der Waals surface area contributed by atoms with Crippen molar-refractivity contribution in [2.24, 2.45) is 7.05 Å². The number of benzene rings is 1. The van der Waals surface area contributed by atoms with Gasteiger partial charge in [0.15, 0.2) is 0 Å². The summed E-state index contributed by atoms with van der Waals surface area (Å²) in [5, 5.41) is 0.897. The van der Waals surface area contributed by atoms with Gasteiger partial charge < -0.3 is 4.57 Å². The van der Waals surface area contributed by atoms with Gasteiger partial charge in [-0.1, -0.05) is 11.6 Å². The Morgan fingerprint density at radius 1 is 1.35 bits per heavy atom. The van der Waals surface area contributed by atoms with Gasteiger partial charge in [-0.3, -0.25) is 4.79 Å². The van der Waals surface area contributed by atoms with Crippen LogP contribution in [0.1, 0.15) is 10.5 Å². The van der Waals surface area contributed by atoms with Crippen LogP contribution >= 0.6 is 11.6 Å². The predicted molar refractivity (Wildman–Crippen MR) is 62.6 cm³/mol. The molecule has 0 unspecified atom stereocenters. The van der Waals surface area contributed by atoms with Gasteiger partial charge in [-0.15, -0.1) is 0 Å². The van der Waals surface area contributed by atoms with Gasteiger partial charge in [-0.05, 0) is 18.2 Å². The van der Waals surface area contributed by atoms with E-state index >= 15 is 0 Å². The maximum Gasteiger partial charge on any atom is 0.283 e. The number of fused-ring (bicyclic) bond motifs is 3. The highest BCUT2D eigenvalue weighted by Gasteiger charge is 2.38. The van der Waals surface area contributed by atoms with Gasteiger partial charge in [0.25, 0.3) is 15.9 Å². The lowest BCUT2D eigenvalue weighted by molar-refractivity contribution is 0.0977. The molecule has 0 fully saturated rings. The van der Waals surface area contributed by atoms with E-state index in [0.29, 0.717) is 15.9 Å². The van der Waals surface area contributed by atoms with Crippen molar-refractivity contribution in [3.63, 3.8) is 0 Å². The van der Waals surface area contributed by atoms with E-state index in [-0.39, 0.29) is 10.6 Å². The molecule has 0 spiro atoms. The van der Waals surface area contributed by atoms with Crippen LogP contribution in [0.15, 0.2) is 23.1 Å². The summed E-state index contributed by atoms with van der Waals surface area (Å²) in [5.41, 5.74) is 0.820. The molecule has 88 valence electrons. The highest BCUT2D eigenvalue weighted by atomic mass is 35.5. The topological polar surface area (TPSA) is 68.2 Å². The molecule has 1 aromatic carbocycles. The maximum atomic E-state index is 11.8. The third kappa shape index (κ3) is 1.25. The first-order chi connectivity index (χ1) is 7.92. The Morgan fingerprint density at radius 2 is 2.06 bits per heavy atom. The van der Waals surface area contributed by atoms with Crippen LogP contribution in [0.25, 0.3) is 10.9 Å². The molecule has 1 N–H and O–H groups in total. The lowest BCUT2D eigenvalue weighted by Crippen LogP contribution is -2.22. The zero-order valence-corrected chi connectivity index (χ0v) is 10.3. The lowest BCUT2D eigenvalue weighted by Gasteiger charge is -2.00. The minimum absolute atomic E-state index is 0.0162. The third-order valence-electron chi connectivity index (χ3n) is 2.83. The van der Waals surface area contributed by atoms with E-state index in [2.05, 4.69) is 0 Å². The number of nitrogens with zero attached hydrogens (tertiary/aromatic N) is 1. The van der Waals surface area contributed by atoms with Gasteiger partial charge in [-0.25, -0.2) is 13.1 Å². The number of amides is 1. The number of sulfonamides is 1. The van der Waals surface area contributed by atoms with E-state index in [1.165, 1.54) is 0 Å². The Hall–Kier alpha value is -1.53. The van der Waals surface area contributed by atoms with Crippen molar-refractivity contribution in [2.45, 2.75) is 4.90 Å². The Bertz CT molecular complexity index is 776. The predicted octanol–water partition coefficient (Wildman–Crippen LogP) is 1.26. The molecule has 1 aromatic heterocycles. The van der Waals surface area contributed by atoms with Gasteiger partial charge in [0, 0.05) is 23.0 Å². The molecular weight excluding hydrogens is 264 g/mol. The molecule has 0 bridgehead atoms. The molecule has 0 saturated heterocycles. The summed E-state index contributed by atoms with van der Waals surface area (Å²) in [6, 6.07) is 4.90. The van der Waals surface area contributed by atoms with E-state index in [9.17, 15) is 13.2 Å². The van der Waals surface area contributed by atoms with E-state index < -0.39 is 15.9 Å². The molecule has 1 aliphatic rings. The van der Waals surface area contributed by atoms with Crippen LogP contribution in [0, 0.1) is 0 Å². The zero-order chi connectivity index (χ0) is 12.4. The Morgan fingerprint density at radius 3 is 2.76 bits per heavy atom. The van der Waals surface area contributed by atoms with Gasteiger partial charge in [0.1, 0.15) is 10.6 Å². The monoisotopic (exact) mass is 270 g/mol. The number of halogens is 1. The van der Waals surface area contributed by atoms with Gasteiger partial charge >= 0.3 is 0 Å². The fraction of sp³-hybridized carbons (Fsp3) is 0.100. The van der Waals surface area contributed by atoms with Crippen molar-refractivity contribution in [1.82, 2.24) is 9.29 Å². The molecule has 2 aromatic rings. The van der Waals surface area contributed by atoms with Crippen LogP contribution < -0.4 is 4.72 Å². The SMILES string of the molecule is Cn1c2c(c3cc(Cl)ccc31)S(=O)(=O)NC2=O. The molecule has 0 aliphatic carbocycles. The van der Waals surface area contributed by atoms with Crippen molar-refractivity contribution >= 4 is 38.4 Å². The number of carbonyl (C=O) groups excluding carboxylic acids is 1.